The Balaban J connectivity index is 2.28. The van der Waals surface area contributed by atoms with Gasteiger partial charge in [0, 0.05) is 12.7 Å². The monoisotopic (exact) mass is 261 g/mol. The number of benzene rings is 1. The zero-order valence-corrected chi connectivity index (χ0v) is 11.6. The van der Waals surface area contributed by atoms with Gasteiger partial charge in [-0.15, -0.1) is 0 Å². The highest BCUT2D eigenvalue weighted by Crippen LogP contribution is 2.43. The van der Waals surface area contributed by atoms with Gasteiger partial charge in [0.15, 0.2) is 0 Å². The van der Waals surface area contributed by atoms with Gasteiger partial charge in [0.25, 0.3) is 0 Å². The summed E-state index contributed by atoms with van der Waals surface area (Å²) >= 11 is 0. The molecule has 2 rings (SSSR count). The van der Waals surface area contributed by atoms with Gasteiger partial charge < -0.3 is 9.64 Å². The fourth-order valence-corrected chi connectivity index (χ4v) is 2.55. The van der Waals surface area contributed by atoms with Crippen LogP contribution >= 0.6 is 0 Å². The van der Waals surface area contributed by atoms with Crippen molar-refractivity contribution < 1.29 is 14.3 Å². The van der Waals surface area contributed by atoms with E-state index in [0.29, 0.717) is 6.61 Å². The highest BCUT2D eigenvalue weighted by Gasteiger charge is 2.47. The molecule has 0 radical (unpaired) electrons. The van der Waals surface area contributed by atoms with E-state index in [1.54, 1.807) is 11.9 Å². The number of amides is 1. The van der Waals surface area contributed by atoms with E-state index in [-0.39, 0.29) is 18.3 Å². The number of hydrogen-bond donors (Lipinski definition) is 0. The van der Waals surface area contributed by atoms with E-state index in [0.717, 1.165) is 17.7 Å². The highest BCUT2D eigenvalue weighted by molar-refractivity contribution is 6.09. The Morgan fingerprint density at radius 3 is 2.74 bits per heavy atom. The third-order valence-corrected chi connectivity index (χ3v) is 3.60. The van der Waals surface area contributed by atoms with Crippen molar-refractivity contribution in [3.8, 4) is 0 Å². The number of carbonyl (C=O) groups is 2. The zero-order valence-electron chi connectivity index (χ0n) is 11.6. The lowest BCUT2D eigenvalue weighted by Crippen LogP contribution is -2.38. The Labute approximate surface area is 113 Å². The van der Waals surface area contributed by atoms with Crippen LogP contribution in [0.5, 0.6) is 0 Å². The Hall–Kier alpha value is -1.84. The Bertz CT molecular complexity index is 512. The predicted molar refractivity (Wildman–Crippen MR) is 73.1 cm³/mol. The maximum absolute atomic E-state index is 12.4. The molecule has 102 valence electrons. The van der Waals surface area contributed by atoms with Crippen LogP contribution < -0.4 is 4.90 Å². The minimum atomic E-state index is -0.809. The van der Waals surface area contributed by atoms with Crippen LogP contribution in [0.1, 0.15) is 32.3 Å². The SMILES string of the molecule is CCCOC(=O)CC1(C)C(=O)N(C)c2ccccc21. The lowest BCUT2D eigenvalue weighted by Gasteiger charge is -2.22. The molecule has 0 bridgehead atoms. The zero-order chi connectivity index (χ0) is 14.0. The van der Waals surface area contributed by atoms with Crippen molar-refractivity contribution in [1.82, 2.24) is 0 Å². The van der Waals surface area contributed by atoms with Crippen molar-refractivity contribution in [2.45, 2.75) is 32.1 Å². The van der Waals surface area contributed by atoms with Crippen LogP contribution in [0.4, 0.5) is 5.69 Å². The topological polar surface area (TPSA) is 46.6 Å². The molecule has 19 heavy (non-hydrogen) atoms. The summed E-state index contributed by atoms with van der Waals surface area (Å²) in [5.74, 6) is -0.370. The minimum Gasteiger partial charge on any atom is -0.466 e. The number of carbonyl (C=O) groups excluding carboxylic acids is 2. The van der Waals surface area contributed by atoms with Crippen LogP contribution in [-0.4, -0.2) is 25.5 Å². The first-order valence-corrected chi connectivity index (χ1v) is 6.54. The molecule has 1 heterocycles. The molecule has 0 N–H and O–H groups in total. The van der Waals surface area contributed by atoms with Gasteiger partial charge >= 0.3 is 5.97 Å². The molecule has 0 saturated heterocycles. The van der Waals surface area contributed by atoms with E-state index < -0.39 is 5.41 Å². The molecule has 0 aromatic heterocycles. The summed E-state index contributed by atoms with van der Waals surface area (Å²) in [6.07, 6.45) is 0.875. The fourth-order valence-electron chi connectivity index (χ4n) is 2.55. The van der Waals surface area contributed by atoms with E-state index in [4.69, 9.17) is 4.74 Å². The van der Waals surface area contributed by atoms with Gasteiger partial charge in [0.2, 0.25) is 5.91 Å². The van der Waals surface area contributed by atoms with Crippen LogP contribution in [0.2, 0.25) is 0 Å². The number of para-hydroxylation sites is 1. The summed E-state index contributed by atoms with van der Waals surface area (Å²) in [6.45, 7) is 4.16. The van der Waals surface area contributed by atoms with Gasteiger partial charge in [-0.25, -0.2) is 0 Å². The Morgan fingerprint density at radius 2 is 2.05 bits per heavy atom. The average Bonchev–Trinajstić information content (AvgIpc) is 2.60. The van der Waals surface area contributed by atoms with Crippen LogP contribution in [0.3, 0.4) is 0 Å². The van der Waals surface area contributed by atoms with Crippen LogP contribution in [-0.2, 0) is 19.7 Å². The van der Waals surface area contributed by atoms with E-state index in [2.05, 4.69) is 0 Å². The molecule has 1 aliphatic rings. The van der Waals surface area contributed by atoms with E-state index in [1.807, 2.05) is 38.1 Å². The van der Waals surface area contributed by atoms with Crippen molar-refractivity contribution in [2.75, 3.05) is 18.6 Å². The first-order chi connectivity index (χ1) is 9.00. The van der Waals surface area contributed by atoms with Crippen LogP contribution in [0.25, 0.3) is 0 Å². The van der Waals surface area contributed by atoms with E-state index >= 15 is 0 Å². The second kappa shape index (κ2) is 5.03. The minimum absolute atomic E-state index is 0.0536. The predicted octanol–water partition coefficient (Wildman–Crippen LogP) is 2.26. The highest BCUT2D eigenvalue weighted by atomic mass is 16.5. The number of anilines is 1. The number of hydrogen-bond acceptors (Lipinski definition) is 3. The fraction of sp³-hybridized carbons (Fsp3) is 0.467. The molecule has 1 aromatic rings. The van der Waals surface area contributed by atoms with Crippen LogP contribution in [0.15, 0.2) is 24.3 Å². The van der Waals surface area contributed by atoms with Crippen molar-refractivity contribution in [3.63, 3.8) is 0 Å². The summed E-state index contributed by atoms with van der Waals surface area (Å²) in [5, 5.41) is 0. The lowest BCUT2D eigenvalue weighted by molar-refractivity contribution is -0.146. The average molecular weight is 261 g/mol. The summed E-state index contributed by atoms with van der Waals surface area (Å²) in [4.78, 5) is 25.9. The van der Waals surface area contributed by atoms with Gasteiger partial charge in [0.1, 0.15) is 0 Å². The second-order valence-corrected chi connectivity index (χ2v) is 5.11. The van der Waals surface area contributed by atoms with Gasteiger partial charge in [-0.2, -0.15) is 0 Å². The number of nitrogens with zero attached hydrogens (tertiary/aromatic N) is 1. The van der Waals surface area contributed by atoms with Gasteiger partial charge in [-0.3, -0.25) is 9.59 Å². The number of esters is 1. The molecule has 0 fully saturated rings. The molecule has 0 saturated carbocycles. The van der Waals surface area contributed by atoms with E-state index in [9.17, 15) is 9.59 Å². The lowest BCUT2D eigenvalue weighted by atomic mass is 9.81. The molecule has 1 aromatic carbocycles. The summed E-state index contributed by atoms with van der Waals surface area (Å²) in [5.41, 5.74) is 0.963. The number of rotatable bonds is 4. The molecule has 1 unspecified atom stereocenters. The third-order valence-electron chi connectivity index (χ3n) is 3.60. The van der Waals surface area contributed by atoms with Crippen molar-refractivity contribution >= 4 is 17.6 Å². The third kappa shape index (κ3) is 2.23. The molecule has 0 spiro atoms. The molecule has 1 atom stereocenters. The number of ether oxygens (including phenoxy) is 1. The molecule has 1 aliphatic heterocycles. The van der Waals surface area contributed by atoms with Crippen molar-refractivity contribution in [2.24, 2.45) is 0 Å². The summed E-state index contributed by atoms with van der Waals surface area (Å²) in [6, 6.07) is 7.59. The maximum atomic E-state index is 12.4. The van der Waals surface area contributed by atoms with Crippen molar-refractivity contribution in [3.05, 3.63) is 29.8 Å². The van der Waals surface area contributed by atoms with Crippen LogP contribution in [0, 0.1) is 0 Å². The first-order valence-electron chi connectivity index (χ1n) is 6.54. The molecule has 4 nitrogen and oxygen atoms in total. The van der Waals surface area contributed by atoms with E-state index in [1.165, 1.54) is 0 Å². The Morgan fingerprint density at radius 1 is 1.37 bits per heavy atom. The smallest absolute Gasteiger partial charge is 0.307 e. The van der Waals surface area contributed by atoms with Crippen molar-refractivity contribution in [1.29, 1.82) is 0 Å². The van der Waals surface area contributed by atoms with Gasteiger partial charge in [-0.05, 0) is 25.0 Å². The number of fused-ring (bicyclic) bond motifs is 1. The molecular formula is C15H19NO3. The van der Waals surface area contributed by atoms with Gasteiger partial charge in [-0.1, -0.05) is 25.1 Å². The largest absolute Gasteiger partial charge is 0.466 e. The molecular weight excluding hydrogens is 242 g/mol. The Kier molecular flexibility index (Phi) is 3.60. The standard InChI is InChI=1S/C15H19NO3/c1-4-9-19-13(17)10-15(2)11-7-5-6-8-12(11)16(3)14(15)18/h5-8H,4,9-10H2,1-3H3. The quantitative estimate of drug-likeness (QED) is 0.781. The molecule has 4 heteroatoms. The second-order valence-electron chi connectivity index (χ2n) is 5.11. The number of likely N-dealkylation sites (N-methyl/N-ethyl adjacent to an activating group) is 1. The summed E-state index contributed by atoms with van der Waals surface area (Å²) < 4.78 is 5.11. The normalized spacial score (nSPS) is 21.4. The molecule has 1 amide bonds. The van der Waals surface area contributed by atoms with Gasteiger partial charge in [0.05, 0.1) is 18.4 Å². The maximum Gasteiger partial charge on any atom is 0.307 e. The first kappa shape index (κ1) is 13.6. The summed E-state index contributed by atoms with van der Waals surface area (Å²) in [7, 11) is 1.74. The molecule has 0 aliphatic carbocycles.